The van der Waals surface area contributed by atoms with Gasteiger partial charge in [0.05, 0.1) is 5.56 Å². The summed E-state index contributed by atoms with van der Waals surface area (Å²) in [5, 5.41) is 3.66. The molecule has 1 aromatic heterocycles. The third-order valence-corrected chi connectivity index (χ3v) is 3.23. The maximum atomic E-state index is 11.8. The molecular weight excluding hydrogens is 272 g/mol. The number of hydrogen-bond donors (Lipinski definition) is 1. The molecule has 0 unspecified atom stereocenters. The van der Waals surface area contributed by atoms with Crippen LogP contribution in [0.15, 0.2) is 48.8 Å². The van der Waals surface area contributed by atoms with E-state index in [0.29, 0.717) is 12.1 Å². The molecule has 1 heterocycles. The first-order valence-electron chi connectivity index (χ1n) is 6.68. The fraction of sp³-hybridized carbons (Fsp3) is 0.250. The molecule has 0 radical (unpaired) electrons. The van der Waals surface area contributed by atoms with Crippen LogP contribution in [0.5, 0.6) is 0 Å². The fourth-order valence-electron chi connectivity index (χ4n) is 1.95. The molecule has 4 heteroatoms. The van der Waals surface area contributed by atoms with Gasteiger partial charge in [-0.05, 0) is 49.1 Å². The zero-order valence-corrected chi connectivity index (χ0v) is 11.9. The number of carbonyl (C=O) groups is 1. The summed E-state index contributed by atoms with van der Waals surface area (Å²) >= 11 is 5.93. The van der Waals surface area contributed by atoms with Gasteiger partial charge in [-0.1, -0.05) is 23.7 Å². The van der Waals surface area contributed by atoms with Gasteiger partial charge in [0.1, 0.15) is 0 Å². The number of hydrogen-bond acceptors (Lipinski definition) is 2. The average Bonchev–Trinajstić information content (AvgIpc) is 2.48. The number of rotatable bonds is 6. The van der Waals surface area contributed by atoms with Crippen molar-refractivity contribution in [2.45, 2.75) is 19.3 Å². The smallest absolute Gasteiger partial charge is 0.252 e. The summed E-state index contributed by atoms with van der Waals surface area (Å²) in [5.41, 5.74) is 1.83. The molecule has 1 N–H and O–H groups in total. The Labute approximate surface area is 124 Å². The summed E-state index contributed by atoms with van der Waals surface area (Å²) in [7, 11) is 0. The van der Waals surface area contributed by atoms with Crippen LogP contribution < -0.4 is 5.32 Å². The predicted molar refractivity (Wildman–Crippen MR) is 81.0 cm³/mol. The van der Waals surface area contributed by atoms with Gasteiger partial charge in [-0.3, -0.25) is 9.78 Å². The molecule has 0 aliphatic rings. The summed E-state index contributed by atoms with van der Waals surface area (Å²) in [6, 6.07) is 11.4. The Kier molecular flexibility index (Phi) is 5.56. The van der Waals surface area contributed by atoms with Crippen LogP contribution in [0.1, 0.15) is 28.8 Å². The summed E-state index contributed by atoms with van der Waals surface area (Å²) in [5.74, 6) is -0.0687. The van der Waals surface area contributed by atoms with E-state index in [2.05, 4.69) is 16.4 Å². The molecule has 3 nitrogen and oxygen atoms in total. The summed E-state index contributed by atoms with van der Waals surface area (Å²) in [4.78, 5) is 15.7. The first kappa shape index (κ1) is 14.5. The SMILES string of the molecule is O=C(NCCCCc1cccc(Cl)c1)c1cccnc1. The number of benzene rings is 1. The van der Waals surface area contributed by atoms with E-state index in [1.165, 1.54) is 5.56 Å². The first-order chi connectivity index (χ1) is 9.75. The van der Waals surface area contributed by atoms with E-state index < -0.39 is 0 Å². The zero-order chi connectivity index (χ0) is 14.2. The van der Waals surface area contributed by atoms with Gasteiger partial charge in [0.2, 0.25) is 0 Å². The lowest BCUT2D eigenvalue weighted by atomic mass is 10.1. The molecular formula is C16H17ClN2O. The molecule has 0 bridgehead atoms. The van der Waals surface area contributed by atoms with E-state index in [1.807, 2.05) is 18.2 Å². The Balaban J connectivity index is 1.66. The van der Waals surface area contributed by atoms with Crippen molar-refractivity contribution >= 4 is 17.5 Å². The van der Waals surface area contributed by atoms with Gasteiger partial charge in [-0.15, -0.1) is 0 Å². The fourth-order valence-corrected chi connectivity index (χ4v) is 2.16. The number of carbonyl (C=O) groups excluding carboxylic acids is 1. The molecule has 20 heavy (non-hydrogen) atoms. The molecule has 0 spiro atoms. The van der Waals surface area contributed by atoms with Crippen molar-refractivity contribution in [3.05, 3.63) is 64.9 Å². The number of nitrogens with one attached hydrogen (secondary N) is 1. The second-order valence-electron chi connectivity index (χ2n) is 4.58. The summed E-state index contributed by atoms with van der Waals surface area (Å²) in [6.07, 6.45) is 6.17. The van der Waals surface area contributed by atoms with Crippen LogP contribution in [0, 0.1) is 0 Å². The molecule has 104 valence electrons. The number of pyridine rings is 1. The van der Waals surface area contributed by atoms with Gasteiger partial charge in [-0.2, -0.15) is 0 Å². The topological polar surface area (TPSA) is 42.0 Å². The van der Waals surface area contributed by atoms with Gasteiger partial charge in [0.15, 0.2) is 0 Å². The van der Waals surface area contributed by atoms with Crippen LogP contribution in [-0.4, -0.2) is 17.4 Å². The maximum Gasteiger partial charge on any atom is 0.252 e. The highest BCUT2D eigenvalue weighted by Crippen LogP contribution is 2.12. The van der Waals surface area contributed by atoms with Crippen LogP contribution in [0.2, 0.25) is 5.02 Å². The molecule has 1 aromatic carbocycles. The van der Waals surface area contributed by atoms with Crippen molar-refractivity contribution in [2.75, 3.05) is 6.54 Å². The Hall–Kier alpha value is -1.87. The number of unbranched alkanes of at least 4 members (excludes halogenated alkanes) is 1. The molecule has 2 aromatic rings. The van der Waals surface area contributed by atoms with Crippen molar-refractivity contribution in [1.29, 1.82) is 0 Å². The molecule has 0 aliphatic heterocycles. The van der Waals surface area contributed by atoms with Crippen LogP contribution >= 0.6 is 11.6 Å². The van der Waals surface area contributed by atoms with E-state index in [9.17, 15) is 4.79 Å². The maximum absolute atomic E-state index is 11.8. The number of nitrogens with zero attached hydrogens (tertiary/aromatic N) is 1. The average molecular weight is 289 g/mol. The summed E-state index contributed by atoms with van der Waals surface area (Å²) in [6.45, 7) is 0.675. The van der Waals surface area contributed by atoms with Crippen molar-refractivity contribution < 1.29 is 4.79 Å². The highest BCUT2D eigenvalue weighted by Gasteiger charge is 2.03. The third-order valence-electron chi connectivity index (χ3n) is 2.99. The third kappa shape index (κ3) is 4.67. The molecule has 0 aliphatic carbocycles. The minimum atomic E-state index is -0.0687. The normalized spacial score (nSPS) is 10.2. The summed E-state index contributed by atoms with van der Waals surface area (Å²) < 4.78 is 0. The number of amides is 1. The highest BCUT2D eigenvalue weighted by atomic mass is 35.5. The minimum absolute atomic E-state index is 0.0687. The van der Waals surface area contributed by atoms with Crippen molar-refractivity contribution in [2.24, 2.45) is 0 Å². The van der Waals surface area contributed by atoms with Gasteiger partial charge >= 0.3 is 0 Å². The van der Waals surface area contributed by atoms with Gasteiger partial charge < -0.3 is 5.32 Å². The van der Waals surface area contributed by atoms with E-state index in [-0.39, 0.29) is 5.91 Å². The molecule has 0 saturated carbocycles. The van der Waals surface area contributed by atoms with Gasteiger partial charge in [0, 0.05) is 24.0 Å². The Morgan fingerprint density at radius 1 is 1.20 bits per heavy atom. The van der Waals surface area contributed by atoms with Gasteiger partial charge in [0.25, 0.3) is 5.91 Å². The second kappa shape index (κ2) is 7.65. The van der Waals surface area contributed by atoms with Crippen LogP contribution in [0.25, 0.3) is 0 Å². The van der Waals surface area contributed by atoms with Crippen molar-refractivity contribution in [1.82, 2.24) is 10.3 Å². The minimum Gasteiger partial charge on any atom is -0.352 e. The molecule has 0 saturated heterocycles. The van der Waals surface area contributed by atoms with E-state index in [4.69, 9.17) is 11.6 Å². The lowest BCUT2D eigenvalue weighted by Gasteiger charge is -2.05. The number of halogens is 1. The molecule has 2 rings (SSSR count). The van der Waals surface area contributed by atoms with Crippen molar-refractivity contribution in [3.63, 3.8) is 0 Å². The number of aryl methyl sites for hydroxylation is 1. The number of aromatic nitrogens is 1. The Morgan fingerprint density at radius 2 is 2.10 bits per heavy atom. The monoisotopic (exact) mass is 288 g/mol. The largest absolute Gasteiger partial charge is 0.352 e. The van der Waals surface area contributed by atoms with Crippen LogP contribution in [0.3, 0.4) is 0 Å². The van der Waals surface area contributed by atoms with E-state index in [1.54, 1.807) is 24.5 Å². The van der Waals surface area contributed by atoms with Gasteiger partial charge in [-0.25, -0.2) is 0 Å². The highest BCUT2D eigenvalue weighted by molar-refractivity contribution is 6.30. The lowest BCUT2D eigenvalue weighted by molar-refractivity contribution is 0.0952. The Bertz CT molecular complexity index is 557. The van der Waals surface area contributed by atoms with E-state index >= 15 is 0 Å². The first-order valence-corrected chi connectivity index (χ1v) is 7.06. The standard InChI is InChI=1S/C16H17ClN2O/c17-15-8-3-6-13(11-15)5-1-2-10-19-16(20)14-7-4-9-18-12-14/h3-4,6-9,11-12H,1-2,5,10H2,(H,19,20). The molecule has 0 fully saturated rings. The van der Waals surface area contributed by atoms with E-state index in [0.717, 1.165) is 24.3 Å². The van der Waals surface area contributed by atoms with Crippen LogP contribution in [-0.2, 0) is 6.42 Å². The molecule has 0 atom stereocenters. The Morgan fingerprint density at radius 3 is 2.85 bits per heavy atom. The predicted octanol–water partition coefficient (Wildman–Crippen LogP) is 3.49. The second-order valence-corrected chi connectivity index (χ2v) is 5.02. The van der Waals surface area contributed by atoms with Crippen molar-refractivity contribution in [3.8, 4) is 0 Å². The van der Waals surface area contributed by atoms with Crippen LogP contribution in [0.4, 0.5) is 0 Å². The molecule has 1 amide bonds. The lowest BCUT2D eigenvalue weighted by Crippen LogP contribution is -2.24. The zero-order valence-electron chi connectivity index (χ0n) is 11.2. The quantitative estimate of drug-likeness (QED) is 0.827.